The van der Waals surface area contributed by atoms with Crippen LogP contribution in [0.4, 0.5) is 5.69 Å². The Morgan fingerprint density at radius 3 is 2.72 bits per heavy atom. The topological polar surface area (TPSA) is 106 Å². The highest BCUT2D eigenvalue weighted by atomic mass is 16.4. The van der Waals surface area contributed by atoms with Crippen LogP contribution in [0.1, 0.15) is 34.3 Å². The Bertz CT molecular complexity index is 945. The third-order valence-corrected chi connectivity index (χ3v) is 4.88. The summed E-state index contributed by atoms with van der Waals surface area (Å²) in [5, 5.41) is 3.08. The summed E-state index contributed by atoms with van der Waals surface area (Å²) in [6.45, 7) is 1.74. The molecule has 0 bridgehead atoms. The first-order chi connectivity index (χ1) is 12.0. The Labute approximate surface area is 143 Å². The number of carbonyl (C=O) groups excluding carboxylic acids is 2. The zero-order valence-corrected chi connectivity index (χ0v) is 13.8. The van der Waals surface area contributed by atoms with Gasteiger partial charge in [-0.1, -0.05) is 0 Å². The molecule has 7 heteroatoms. The van der Waals surface area contributed by atoms with Gasteiger partial charge in [0.1, 0.15) is 11.1 Å². The molecule has 130 valence electrons. The molecule has 2 aromatic rings. The molecule has 0 unspecified atom stereocenters. The Morgan fingerprint density at radius 1 is 1.20 bits per heavy atom. The third-order valence-electron chi connectivity index (χ3n) is 4.88. The summed E-state index contributed by atoms with van der Waals surface area (Å²) in [5.41, 5.74) is 8.31. The standard InChI is InChI=1S/C18H19N3O4/c19-14(22)9-20-17(23)13-8-11-7-10-3-1-5-21-6-2-4-12(15(10)21)16(11)25-18(13)24/h7-8H,1-6,9H2,(H2,19,22)(H,20,23). The lowest BCUT2D eigenvalue weighted by Gasteiger charge is -2.37. The van der Waals surface area contributed by atoms with E-state index in [0.717, 1.165) is 49.7 Å². The smallest absolute Gasteiger partial charge is 0.349 e. The summed E-state index contributed by atoms with van der Waals surface area (Å²) < 4.78 is 5.53. The van der Waals surface area contributed by atoms with Crippen molar-refractivity contribution in [1.29, 1.82) is 0 Å². The average molecular weight is 341 g/mol. The second-order valence-electron chi connectivity index (χ2n) is 6.57. The van der Waals surface area contributed by atoms with Crippen molar-refractivity contribution in [2.24, 2.45) is 5.73 Å². The molecule has 2 amide bonds. The number of rotatable bonds is 3. The Kier molecular flexibility index (Phi) is 3.71. The molecule has 0 aliphatic carbocycles. The van der Waals surface area contributed by atoms with Crippen LogP contribution in [-0.2, 0) is 17.6 Å². The van der Waals surface area contributed by atoms with E-state index in [9.17, 15) is 14.4 Å². The van der Waals surface area contributed by atoms with Crippen molar-refractivity contribution in [3.63, 3.8) is 0 Å². The number of anilines is 1. The molecule has 3 heterocycles. The van der Waals surface area contributed by atoms with Crippen LogP contribution in [0.2, 0.25) is 0 Å². The van der Waals surface area contributed by atoms with Crippen LogP contribution in [0, 0.1) is 0 Å². The first kappa shape index (κ1) is 15.7. The van der Waals surface area contributed by atoms with E-state index in [4.69, 9.17) is 10.2 Å². The maximum Gasteiger partial charge on any atom is 0.349 e. The highest BCUT2D eigenvalue weighted by molar-refractivity contribution is 5.99. The maximum atomic E-state index is 12.3. The fraction of sp³-hybridized carbons (Fsp3) is 0.389. The van der Waals surface area contributed by atoms with Gasteiger partial charge in [0.25, 0.3) is 5.91 Å². The van der Waals surface area contributed by atoms with Crippen LogP contribution in [0.3, 0.4) is 0 Å². The number of nitrogens with two attached hydrogens (primary N) is 1. The third kappa shape index (κ3) is 2.65. The molecule has 1 aromatic carbocycles. The van der Waals surface area contributed by atoms with Gasteiger partial charge in [-0.05, 0) is 43.4 Å². The summed E-state index contributed by atoms with van der Waals surface area (Å²) in [7, 11) is 0. The molecule has 0 saturated carbocycles. The number of fused-ring (bicyclic) bond motifs is 2. The van der Waals surface area contributed by atoms with Crippen molar-refractivity contribution in [2.45, 2.75) is 25.7 Å². The number of nitrogens with one attached hydrogen (secondary N) is 1. The Hall–Kier alpha value is -2.83. The second-order valence-corrected chi connectivity index (χ2v) is 6.57. The lowest BCUT2D eigenvalue weighted by molar-refractivity contribution is -0.117. The van der Waals surface area contributed by atoms with Crippen LogP contribution in [0.25, 0.3) is 11.0 Å². The number of primary amides is 1. The summed E-state index contributed by atoms with van der Waals surface area (Å²) in [6.07, 6.45) is 3.97. The molecule has 7 nitrogen and oxygen atoms in total. The van der Waals surface area contributed by atoms with Crippen molar-refractivity contribution in [3.05, 3.63) is 39.2 Å². The summed E-state index contributed by atoms with van der Waals surface area (Å²) in [5.74, 6) is -1.32. The van der Waals surface area contributed by atoms with Gasteiger partial charge in [0, 0.05) is 29.7 Å². The number of amides is 2. The highest BCUT2D eigenvalue weighted by Gasteiger charge is 2.27. The monoisotopic (exact) mass is 341 g/mol. The van der Waals surface area contributed by atoms with Gasteiger partial charge in [-0.2, -0.15) is 0 Å². The lowest BCUT2D eigenvalue weighted by atomic mass is 9.90. The van der Waals surface area contributed by atoms with E-state index in [1.807, 2.05) is 6.07 Å². The number of aryl methyl sites for hydroxylation is 2. The number of nitrogens with zero attached hydrogens (tertiary/aromatic N) is 1. The molecule has 0 fully saturated rings. The van der Waals surface area contributed by atoms with E-state index in [-0.39, 0.29) is 12.1 Å². The lowest BCUT2D eigenvalue weighted by Crippen LogP contribution is -2.36. The fourth-order valence-corrected chi connectivity index (χ4v) is 3.87. The zero-order chi connectivity index (χ0) is 17.6. The largest absolute Gasteiger partial charge is 0.422 e. The summed E-state index contributed by atoms with van der Waals surface area (Å²) in [6, 6.07) is 3.57. The second kappa shape index (κ2) is 5.91. The highest BCUT2D eigenvalue weighted by Crippen LogP contribution is 2.39. The van der Waals surface area contributed by atoms with E-state index < -0.39 is 17.4 Å². The van der Waals surface area contributed by atoms with Crippen LogP contribution in [0.5, 0.6) is 0 Å². The molecule has 2 aliphatic heterocycles. The first-order valence-corrected chi connectivity index (χ1v) is 8.48. The van der Waals surface area contributed by atoms with Gasteiger partial charge >= 0.3 is 5.63 Å². The molecule has 3 N–H and O–H groups in total. The summed E-state index contributed by atoms with van der Waals surface area (Å²) >= 11 is 0. The average Bonchev–Trinajstić information content (AvgIpc) is 2.60. The van der Waals surface area contributed by atoms with Crippen molar-refractivity contribution >= 4 is 28.5 Å². The molecule has 4 rings (SSSR count). The van der Waals surface area contributed by atoms with Gasteiger partial charge in [-0.15, -0.1) is 0 Å². The normalized spacial score (nSPS) is 15.8. The van der Waals surface area contributed by atoms with E-state index in [1.165, 1.54) is 11.3 Å². The fourth-order valence-electron chi connectivity index (χ4n) is 3.87. The van der Waals surface area contributed by atoms with Gasteiger partial charge in [0.2, 0.25) is 5.91 Å². The SMILES string of the molecule is NC(=O)CNC(=O)c1cc2cc3c4c(c2oc1=O)CCCN4CCC3. The van der Waals surface area contributed by atoms with Gasteiger partial charge in [0.15, 0.2) is 0 Å². The van der Waals surface area contributed by atoms with Crippen molar-refractivity contribution in [1.82, 2.24) is 5.32 Å². The minimum absolute atomic E-state index is 0.107. The molecule has 0 radical (unpaired) electrons. The number of hydrogen-bond donors (Lipinski definition) is 2. The van der Waals surface area contributed by atoms with E-state index in [2.05, 4.69) is 10.2 Å². The minimum atomic E-state index is -0.696. The van der Waals surface area contributed by atoms with Gasteiger partial charge in [0.05, 0.1) is 6.54 Å². The Balaban J connectivity index is 1.84. The van der Waals surface area contributed by atoms with E-state index in [0.29, 0.717) is 5.58 Å². The summed E-state index contributed by atoms with van der Waals surface area (Å²) in [4.78, 5) is 37.6. The molecule has 1 aromatic heterocycles. The predicted octanol–water partition coefficient (Wildman–Crippen LogP) is 0.707. The van der Waals surface area contributed by atoms with Crippen LogP contribution in [0.15, 0.2) is 21.3 Å². The van der Waals surface area contributed by atoms with Crippen molar-refractivity contribution in [2.75, 3.05) is 24.5 Å². The van der Waals surface area contributed by atoms with Crippen molar-refractivity contribution in [3.8, 4) is 0 Å². The number of benzene rings is 1. The van der Waals surface area contributed by atoms with Gasteiger partial charge in [-0.25, -0.2) is 4.79 Å². The first-order valence-electron chi connectivity index (χ1n) is 8.48. The molecule has 25 heavy (non-hydrogen) atoms. The van der Waals surface area contributed by atoms with Crippen molar-refractivity contribution < 1.29 is 14.0 Å². The number of carbonyl (C=O) groups is 2. The zero-order valence-electron chi connectivity index (χ0n) is 13.8. The van der Waals surface area contributed by atoms with Crippen LogP contribution in [-0.4, -0.2) is 31.4 Å². The molecule has 0 atom stereocenters. The maximum absolute atomic E-state index is 12.3. The Morgan fingerprint density at radius 2 is 1.96 bits per heavy atom. The van der Waals surface area contributed by atoms with Gasteiger partial charge in [-0.3, -0.25) is 9.59 Å². The quantitative estimate of drug-likeness (QED) is 0.800. The number of hydrogen-bond acceptors (Lipinski definition) is 5. The van der Waals surface area contributed by atoms with E-state index in [1.54, 1.807) is 6.07 Å². The molecule has 2 aliphatic rings. The molecule has 0 saturated heterocycles. The van der Waals surface area contributed by atoms with Crippen LogP contribution < -0.4 is 21.6 Å². The van der Waals surface area contributed by atoms with Crippen LogP contribution >= 0.6 is 0 Å². The molecular weight excluding hydrogens is 322 g/mol. The van der Waals surface area contributed by atoms with E-state index >= 15 is 0 Å². The predicted molar refractivity (Wildman–Crippen MR) is 92.9 cm³/mol. The molecule has 0 spiro atoms. The minimum Gasteiger partial charge on any atom is -0.422 e. The van der Waals surface area contributed by atoms with Gasteiger partial charge < -0.3 is 20.4 Å². The molecular formula is C18H19N3O4.